The lowest BCUT2D eigenvalue weighted by molar-refractivity contribution is -0.131. The quantitative estimate of drug-likeness (QED) is 0.412. The minimum absolute atomic E-state index is 0.0133. The number of aromatic nitrogens is 2. The highest BCUT2D eigenvalue weighted by Gasteiger charge is 2.25. The molecule has 1 saturated heterocycles. The van der Waals surface area contributed by atoms with E-state index >= 15 is 0 Å². The van der Waals surface area contributed by atoms with Crippen LogP contribution >= 0.6 is 11.6 Å². The summed E-state index contributed by atoms with van der Waals surface area (Å²) in [5, 5.41) is 9.43. The SMILES string of the molecule is COCCN(CC(=O)N1CCCN(c2ccc(-c3ccccc3Cl)nn2)CC1)C(=O)c1ccc(OC)cc1. The van der Waals surface area contributed by atoms with Gasteiger partial charge in [-0.1, -0.05) is 29.8 Å². The van der Waals surface area contributed by atoms with Crippen molar-refractivity contribution in [2.24, 2.45) is 0 Å². The number of hydrogen-bond acceptors (Lipinski definition) is 7. The van der Waals surface area contributed by atoms with Crippen molar-refractivity contribution in [3.8, 4) is 17.0 Å². The van der Waals surface area contributed by atoms with E-state index in [0.29, 0.717) is 54.8 Å². The van der Waals surface area contributed by atoms with Gasteiger partial charge in [0, 0.05) is 51.0 Å². The first-order valence-corrected chi connectivity index (χ1v) is 12.9. The van der Waals surface area contributed by atoms with Crippen LogP contribution in [0, 0.1) is 0 Å². The molecule has 1 aliphatic heterocycles. The van der Waals surface area contributed by atoms with Gasteiger partial charge in [-0.05, 0) is 48.9 Å². The van der Waals surface area contributed by atoms with Gasteiger partial charge in [0.15, 0.2) is 5.82 Å². The molecular formula is C28H32ClN5O4. The number of methoxy groups -OCH3 is 2. The molecule has 10 heteroatoms. The molecule has 0 N–H and O–H groups in total. The average molecular weight is 538 g/mol. The molecule has 0 atom stereocenters. The van der Waals surface area contributed by atoms with E-state index in [0.717, 1.165) is 24.3 Å². The molecule has 0 radical (unpaired) electrons. The summed E-state index contributed by atoms with van der Waals surface area (Å²) in [5.74, 6) is 1.11. The fourth-order valence-electron chi connectivity index (χ4n) is 4.34. The molecular weight excluding hydrogens is 506 g/mol. The van der Waals surface area contributed by atoms with Crippen molar-refractivity contribution in [2.75, 3.05) is 65.0 Å². The average Bonchev–Trinajstić information content (AvgIpc) is 3.22. The van der Waals surface area contributed by atoms with Gasteiger partial charge in [-0.25, -0.2) is 0 Å². The largest absolute Gasteiger partial charge is 0.497 e. The third-order valence-electron chi connectivity index (χ3n) is 6.49. The molecule has 2 aromatic carbocycles. The maximum absolute atomic E-state index is 13.2. The van der Waals surface area contributed by atoms with Gasteiger partial charge in [-0.3, -0.25) is 9.59 Å². The first-order chi connectivity index (χ1) is 18.5. The minimum Gasteiger partial charge on any atom is -0.497 e. The van der Waals surface area contributed by atoms with Crippen LogP contribution in [0.1, 0.15) is 16.8 Å². The Hall–Kier alpha value is -3.69. The molecule has 1 aromatic heterocycles. The van der Waals surface area contributed by atoms with Crippen LogP contribution in [0.15, 0.2) is 60.7 Å². The third kappa shape index (κ3) is 6.79. The van der Waals surface area contributed by atoms with Crippen molar-refractivity contribution in [1.29, 1.82) is 0 Å². The lowest BCUT2D eigenvalue weighted by Crippen LogP contribution is -2.45. The number of nitrogens with zero attached hydrogens (tertiary/aromatic N) is 5. The number of halogens is 1. The van der Waals surface area contributed by atoms with Crippen LogP contribution in [0.3, 0.4) is 0 Å². The van der Waals surface area contributed by atoms with E-state index in [9.17, 15) is 9.59 Å². The van der Waals surface area contributed by atoms with Crippen LogP contribution in [0.5, 0.6) is 5.75 Å². The summed E-state index contributed by atoms with van der Waals surface area (Å²) in [6, 6.07) is 18.2. The Labute approximate surface area is 227 Å². The standard InChI is InChI=1S/C28H32ClN5O4/c1-37-19-18-34(28(36)21-8-10-22(38-2)11-9-21)20-27(35)33-15-5-14-32(16-17-33)26-13-12-25(30-31-26)23-6-3-4-7-24(23)29/h3-4,6-13H,5,14-20H2,1-2H3. The van der Waals surface area contributed by atoms with E-state index in [1.54, 1.807) is 38.5 Å². The number of carbonyl (C=O) groups is 2. The Bertz CT molecular complexity index is 1220. The fraction of sp³-hybridized carbons (Fsp3) is 0.357. The highest BCUT2D eigenvalue weighted by Crippen LogP contribution is 2.26. The number of amides is 2. The molecule has 0 bridgehead atoms. The second-order valence-corrected chi connectivity index (χ2v) is 9.33. The topological polar surface area (TPSA) is 88.1 Å². The minimum atomic E-state index is -0.219. The summed E-state index contributed by atoms with van der Waals surface area (Å²) in [7, 11) is 3.15. The van der Waals surface area contributed by atoms with Gasteiger partial charge in [-0.2, -0.15) is 0 Å². The second kappa shape index (κ2) is 13.2. The Morgan fingerprint density at radius 1 is 0.947 bits per heavy atom. The van der Waals surface area contributed by atoms with Crippen LogP contribution in [0.2, 0.25) is 5.02 Å². The van der Waals surface area contributed by atoms with Gasteiger partial charge < -0.3 is 24.2 Å². The van der Waals surface area contributed by atoms with E-state index < -0.39 is 0 Å². The van der Waals surface area contributed by atoms with Crippen molar-refractivity contribution in [3.63, 3.8) is 0 Å². The number of benzene rings is 2. The zero-order valence-corrected chi connectivity index (χ0v) is 22.4. The maximum Gasteiger partial charge on any atom is 0.254 e. The highest BCUT2D eigenvalue weighted by molar-refractivity contribution is 6.33. The van der Waals surface area contributed by atoms with E-state index in [1.807, 2.05) is 41.3 Å². The Balaban J connectivity index is 1.38. The van der Waals surface area contributed by atoms with Crippen LogP contribution < -0.4 is 9.64 Å². The number of ether oxygens (including phenoxy) is 2. The summed E-state index contributed by atoms with van der Waals surface area (Å²) in [6.07, 6.45) is 0.782. The monoisotopic (exact) mass is 537 g/mol. The summed E-state index contributed by atoms with van der Waals surface area (Å²) in [6.45, 7) is 3.15. The van der Waals surface area contributed by atoms with Crippen molar-refractivity contribution in [3.05, 3.63) is 71.2 Å². The Morgan fingerprint density at radius 2 is 1.74 bits per heavy atom. The summed E-state index contributed by atoms with van der Waals surface area (Å²) in [5.41, 5.74) is 2.04. The molecule has 2 amide bonds. The summed E-state index contributed by atoms with van der Waals surface area (Å²) < 4.78 is 10.4. The lowest BCUT2D eigenvalue weighted by Gasteiger charge is -2.27. The van der Waals surface area contributed by atoms with Gasteiger partial charge in [-0.15, -0.1) is 10.2 Å². The van der Waals surface area contributed by atoms with Gasteiger partial charge in [0.25, 0.3) is 5.91 Å². The van der Waals surface area contributed by atoms with Gasteiger partial charge in [0.1, 0.15) is 12.3 Å². The molecule has 3 aromatic rings. The first-order valence-electron chi connectivity index (χ1n) is 12.5. The van der Waals surface area contributed by atoms with Crippen molar-refractivity contribution in [2.45, 2.75) is 6.42 Å². The second-order valence-electron chi connectivity index (χ2n) is 8.93. The maximum atomic E-state index is 13.2. The molecule has 38 heavy (non-hydrogen) atoms. The molecule has 0 aliphatic carbocycles. The van der Waals surface area contributed by atoms with Gasteiger partial charge in [0.05, 0.1) is 24.4 Å². The van der Waals surface area contributed by atoms with Gasteiger partial charge >= 0.3 is 0 Å². The zero-order chi connectivity index (χ0) is 26.9. The van der Waals surface area contributed by atoms with Crippen LogP contribution in [0.25, 0.3) is 11.3 Å². The number of rotatable bonds is 9. The molecule has 1 fully saturated rings. The summed E-state index contributed by atoms with van der Waals surface area (Å²) in [4.78, 5) is 31.9. The van der Waals surface area contributed by atoms with Gasteiger partial charge in [0.2, 0.25) is 5.91 Å². The summed E-state index contributed by atoms with van der Waals surface area (Å²) >= 11 is 6.29. The first kappa shape index (κ1) is 27.3. The van der Waals surface area contributed by atoms with E-state index in [4.69, 9.17) is 21.1 Å². The Morgan fingerprint density at radius 3 is 2.42 bits per heavy atom. The molecule has 0 spiro atoms. The van der Waals surface area contributed by atoms with E-state index in [1.165, 1.54) is 4.90 Å². The molecule has 1 aliphatic rings. The van der Waals surface area contributed by atoms with Crippen LogP contribution in [-0.4, -0.2) is 91.9 Å². The Kier molecular flexibility index (Phi) is 9.51. The van der Waals surface area contributed by atoms with E-state index in [2.05, 4.69) is 15.1 Å². The molecule has 200 valence electrons. The molecule has 0 saturated carbocycles. The predicted molar refractivity (Wildman–Crippen MR) is 147 cm³/mol. The predicted octanol–water partition coefficient (Wildman–Crippen LogP) is 3.63. The number of hydrogen-bond donors (Lipinski definition) is 0. The van der Waals surface area contributed by atoms with Crippen LogP contribution in [0.4, 0.5) is 5.82 Å². The third-order valence-corrected chi connectivity index (χ3v) is 6.82. The molecule has 2 heterocycles. The number of carbonyl (C=O) groups excluding carboxylic acids is 2. The lowest BCUT2D eigenvalue weighted by atomic mass is 10.1. The van der Waals surface area contributed by atoms with Crippen molar-refractivity contribution < 1.29 is 19.1 Å². The van der Waals surface area contributed by atoms with E-state index in [-0.39, 0.29) is 18.4 Å². The van der Waals surface area contributed by atoms with Crippen molar-refractivity contribution in [1.82, 2.24) is 20.0 Å². The van der Waals surface area contributed by atoms with Crippen LogP contribution in [-0.2, 0) is 9.53 Å². The normalized spacial score (nSPS) is 13.7. The number of anilines is 1. The zero-order valence-electron chi connectivity index (χ0n) is 21.7. The van der Waals surface area contributed by atoms with Crippen molar-refractivity contribution >= 4 is 29.2 Å². The highest BCUT2D eigenvalue weighted by atomic mass is 35.5. The fourth-order valence-corrected chi connectivity index (χ4v) is 4.57. The smallest absolute Gasteiger partial charge is 0.254 e. The molecule has 4 rings (SSSR count). The molecule has 0 unspecified atom stereocenters. The molecule has 9 nitrogen and oxygen atoms in total.